The van der Waals surface area contributed by atoms with Gasteiger partial charge in [0.25, 0.3) is 0 Å². The molecule has 0 spiro atoms. The molecule has 1 aliphatic carbocycles. The normalized spacial score (nSPS) is 26.3. The van der Waals surface area contributed by atoms with E-state index in [1.54, 1.807) is 11.8 Å². The average molecular weight is 356 g/mol. The van der Waals surface area contributed by atoms with Crippen LogP contribution in [0.3, 0.4) is 0 Å². The van der Waals surface area contributed by atoms with Crippen molar-refractivity contribution in [2.75, 3.05) is 12.3 Å². The van der Waals surface area contributed by atoms with Gasteiger partial charge in [0.15, 0.2) is 5.12 Å². The highest BCUT2D eigenvalue weighted by Crippen LogP contribution is 2.35. The van der Waals surface area contributed by atoms with E-state index in [4.69, 9.17) is 0 Å². The van der Waals surface area contributed by atoms with E-state index in [1.165, 1.54) is 39.0 Å². The van der Waals surface area contributed by atoms with Crippen molar-refractivity contribution >= 4 is 28.8 Å². The van der Waals surface area contributed by atoms with Gasteiger partial charge in [-0.3, -0.25) is 9.59 Å². The lowest BCUT2D eigenvalue weighted by atomic mass is 9.82. The maximum Gasteiger partial charge on any atom is 0.326 e. The van der Waals surface area contributed by atoms with Crippen molar-refractivity contribution in [2.24, 2.45) is 17.8 Å². The van der Waals surface area contributed by atoms with E-state index in [-0.39, 0.29) is 16.9 Å². The van der Waals surface area contributed by atoms with Gasteiger partial charge in [0.05, 0.1) is 0 Å². The number of carbonyl (C=O) groups excluding carboxylic acids is 2. The second-order valence-corrected chi connectivity index (χ2v) is 8.59. The van der Waals surface area contributed by atoms with Crippen molar-refractivity contribution in [1.29, 1.82) is 0 Å². The van der Waals surface area contributed by atoms with Gasteiger partial charge in [-0.1, -0.05) is 50.8 Å². The minimum absolute atomic E-state index is 0.0129. The summed E-state index contributed by atoms with van der Waals surface area (Å²) in [6.07, 6.45) is 7.98. The Bertz CT molecular complexity index is 476. The summed E-state index contributed by atoms with van der Waals surface area (Å²) in [7, 11) is 0. The summed E-state index contributed by atoms with van der Waals surface area (Å²) in [5.41, 5.74) is 0. The molecule has 0 aromatic carbocycles. The molecule has 2 aliphatic rings. The first-order valence-electron chi connectivity index (χ1n) is 9.05. The average Bonchev–Trinajstić information content (AvgIpc) is 2.96. The third-order valence-electron chi connectivity index (χ3n) is 5.31. The molecule has 2 fully saturated rings. The van der Waals surface area contributed by atoms with Gasteiger partial charge >= 0.3 is 5.97 Å². The smallest absolute Gasteiger partial charge is 0.326 e. The molecule has 0 aromatic rings. The molecule has 6 heteroatoms. The summed E-state index contributed by atoms with van der Waals surface area (Å²) in [5.74, 6) is 0.0618. The van der Waals surface area contributed by atoms with Crippen LogP contribution < -0.4 is 0 Å². The highest BCUT2D eigenvalue weighted by molar-refractivity contribution is 8.13. The Labute approximate surface area is 148 Å². The lowest BCUT2D eigenvalue weighted by molar-refractivity contribution is -0.149. The number of carboxylic acids is 1. The van der Waals surface area contributed by atoms with Crippen LogP contribution in [0.15, 0.2) is 0 Å². The molecule has 5 nitrogen and oxygen atoms in total. The number of likely N-dealkylation sites (tertiary alicyclic amines) is 1. The van der Waals surface area contributed by atoms with E-state index in [0.29, 0.717) is 30.6 Å². The summed E-state index contributed by atoms with van der Waals surface area (Å²) in [6, 6.07) is -0.698. The summed E-state index contributed by atoms with van der Waals surface area (Å²) in [5, 5.41) is 9.49. The van der Waals surface area contributed by atoms with Crippen LogP contribution >= 0.6 is 11.8 Å². The fraction of sp³-hybridized carbons (Fsp3) is 0.833. The topological polar surface area (TPSA) is 74.7 Å². The van der Waals surface area contributed by atoms with Crippen molar-refractivity contribution in [3.63, 3.8) is 0 Å². The van der Waals surface area contributed by atoms with Crippen molar-refractivity contribution in [1.82, 2.24) is 4.90 Å². The molecule has 1 amide bonds. The largest absolute Gasteiger partial charge is 0.480 e. The summed E-state index contributed by atoms with van der Waals surface area (Å²) in [4.78, 5) is 36.9. The van der Waals surface area contributed by atoms with Crippen LogP contribution in [-0.4, -0.2) is 45.3 Å². The number of rotatable bonds is 6. The van der Waals surface area contributed by atoms with Crippen LogP contribution in [-0.2, 0) is 14.4 Å². The lowest BCUT2D eigenvalue weighted by Gasteiger charge is -2.26. The van der Waals surface area contributed by atoms with Gasteiger partial charge in [-0.2, -0.15) is 0 Å². The predicted octanol–water partition coefficient (Wildman–Crippen LogP) is 3.17. The number of aliphatic carboxylic acids is 1. The summed E-state index contributed by atoms with van der Waals surface area (Å²) < 4.78 is 0. The standard InChI is InChI=1S/C18H29NO4S/c1-12(11-24-13(2)20)17(21)19-10-15(9-16(19)18(22)23)8-14-6-4-3-5-7-14/h12,14-16H,3-11H2,1-2H3,(H,22,23)/t12?,15?,16-/m0/s1. The number of amides is 1. The van der Waals surface area contributed by atoms with E-state index in [1.807, 2.05) is 0 Å². The maximum atomic E-state index is 12.6. The molecule has 136 valence electrons. The lowest BCUT2D eigenvalue weighted by Crippen LogP contribution is -2.43. The summed E-state index contributed by atoms with van der Waals surface area (Å²) >= 11 is 1.13. The van der Waals surface area contributed by atoms with Crippen molar-refractivity contribution < 1.29 is 19.5 Å². The Balaban J connectivity index is 1.94. The molecule has 1 saturated carbocycles. The molecular formula is C18H29NO4S. The zero-order valence-corrected chi connectivity index (χ0v) is 15.5. The molecule has 24 heavy (non-hydrogen) atoms. The monoisotopic (exact) mass is 355 g/mol. The zero-order chi connectivity index (χ0) is 17.7. The second kappa shape index (κ2) is 8.88. The highest BCUT2D eigenvalue weighted by atomic mass is 32.2. The molecule has 2 rings (SSSR count). The quantitative estimate of drug-likeness (QED) is 0.792. The zero-order valence-electron chi connectivity index (χ0n) is 14.7. The van der Waals surface area contributed by atoms with E-state index in [9.17, 15) is 19.5 Å². The van der Waals surface area contributed by atoms with Gasteiger partial charge in [-0.05, 0) is 24.7 Å². The number of thioether (sulfide) groups is 1. The first kappa shape index (κ1) is 19.3. The molecule has 1 heterocycles. The molecule has 1 aliphatic heterocycles. The van der Waals surface area contributed by atoms with Gasteiger partial charge in [0.2, 0.25) is 5.91 Å². The predicted molar refractivity (Wildman–Crippen MR) is 94.7 cm³/mol. The molecular weight excluding hydrogens is 326 g/mol. The third kappa shape index (κ3) is 5.23. The van der Waals surface area contributed by atoms with Crippen LogP contribution in [0.2, 0.25) is 0 Å². The van der Waals surface area contributed by atoms with Crippen LogP contribution in [0.5, 0.6) is 0 Å². The fourth-order valence-electron chi connectivity index (χ4n) is 4.06. The molecule has 0 bridgehead atoms. The second-order valence-electron chi connectivity index (χ2n) is 7.39. The molecule has 1 N–H and O–H groups in total. The first-order chi connectivity index (χ1) is 11.4. The van der Waals surface area contributed by atoms with Gasteiger partial charge in [0, 0.05) is 25.1 Å². The van der Waals surface area contributed by atoms with E-state index in [0.717, 1.165) is 18.2 Å². The minimum Gasteiger partial charge on any atom is -0.480 e. The van der Waals surface area contributed by atoms with Crippen LogP contribution in [0.1, 0.15) is 58.8 Å². The van der Waals surface area contributed by atoms with Gasteiger partial charge in [-0.15, -0.1) is 0 Å². The van der Waals surface area contributed by atoms with Crippen molar-refractivity contribution in [3.8, 4) is 0 Å². The van der Waals surface area contributed by atoms with Gasteiger partial charge in [-0.25, -0.2) is 4.79 Å². The third-order valence-corrected chi connectivity index (χ3v) is 6.38. The van der Waals surface area contributed by atoms with E-state index < -0.39 is 12.0 Å². The number of hydrogen-bond acceptors (Lipinski definition) is 4. The number of hydrogen-bond donors (Lipinski definition) is 1. The highest BCUT2D eigenvalue weighted by Gasteiger charge is 2.41. The van der Waals surface area contributed by atoms with Gasteiger partial charge in [0.1, 0.15) is 6.04 Å². The molecule has 0 aromatic heterocycles. The number of carbonyl (C=O) groups is 3. The number of nitrogens with zero attached hydrogens (tertiary/aromatic N) is 1. The maximum absolute atomic E-state index is 12.6. The van der Waals surface area contributed by atoms with Crippen LogP contribution in [0, 0.1) is 17.8 Å². The van der Waals surface area contributed by atoms with Crippen molar-refractivity contribution in [2.45, 2.75) is 64.8 Å². The number of carboxylic acid groups (broad SMARTS) is 1. The Kier molecular flexibility index (Phi) is 7.14. The van der Waals surface area contributed by atoms with E-state index >= 15 is 0 Å². The Hall–Kier alpha value is -1.04. The first-order valence-corrected chi connectivity index (χ1v) is 10.0. The Morgan fingerprint density at radius 1 is 1.17 bits per heavy atom. The Morgan fingerprint density at radius 3 is 2.42 bits per heavy atom. The van der Waals surface area contributed by atoms with Gasteiger partial charge < -0.3 is 10.0 Å². The van der Waals surface area contributed by atoms with Crippen LogP contribution in [0.4, 0.5) is 0 Å². The summed E-state index contributed by atoms with van der Waals surface area (Å²) in [6.45, 7) is 3.82. The van der Waals surface area contributed by atoms with E-state index in [2.05, 4.69) is 0 Å². The molecule has 0 radical (unpaired) electrons. The molecule has 3 atom stereocenters. The molecule has 1 saturated heterocycles. The molecule has 2 unspecified atom stereocenters. The SMILES string of the molecule is CC(=O)SCC(C)C(=O)N1CC(CC2CCCCC2)C[C@H]1C(=O)O. The Morgan fingerprint density at radius 2 is 1.83 bits per heavy atom. The van der Waals surface area contributed by atoms with Crippen LogP contribution in [0.25, 0.3) is 0 Å². The fourth-order valence-corrected chi connectivity index (χ4v) is 4.69. The minimum atomic E-state index is -0.902. The van der Waals surface area contributed by atoms with Crippen molar-refractivity contribution in [3.05, 3.63) is 0 Å².